The van der Waals surface area contributed by atoms with Crippen LogP contribution in [0.1, 0.15) is 39.5 Å². The Bertz CT molecular complexity index is 107. The van der Waals surface area contributed by atoms with Gasteiger partial charge in [0.15, 0.2) is 0 Å². The molecule has 0 saturated heterocycles. The summed E-state index contributed by atoms with van der Waals surface area (Å²) in [5.74, 6) is 0.969. The van der Waals surface area contributed by atoms with E-state index >= 15 is 0 Å². The van der Waals surface area contributed by atoms with Crippen molar-refractivity contribution in [2.45, 2.75) is 39.5 Å². The van der Waals surface area contributed by atoms with Crippen molar-refractivity contribution in [1.29, 1.82) is 0 Å². The molecule has 1 saturated carbocycles. The molecule has 0 amide bonds. The highest BCUT2D eigenvalue weighted by atomic mass is 14.2. The fourth-order valence-corrected chi connectivity index (χ4v) is 1.14. The molecule has 0 aromatic rings. The number of hydrogen-bond donors (Lipinski definition) is 0. The molecule has 0 aromatic heterocycles. The zero-order valence-corrected chi connectivity index (χ0v) is 6.48. The van der Waals surface area contributed by atoms with Gasteiger partial charge in [-0.3, -0.25) is 0 Å². The molecule has 0 unspecified atom stereocenters. The van der Waals surface area contributed by atoms with Crippen molar-refractivity contribution in [3.63, 3.8) is 0 Å². The first-order valence-corrected chi connectivity index (χ1v) is 4.00. The second-order valence-electron chi connectivity index (χ2n) is 3.10. The van der Waals surface area contributed by atoms with E-state index in [1.54, 1.807) is 5.57 Å². The summed E-state index contributed by atoms with van der Waals surface area (Å²) in [6.45, 7) is 4.49. The van der Waals surface area contributed by atoms with Crippen LogP contribution in [-0.4, -0.2) is 0 Å². The maximum Gasteiger partial charge on any atom is -0.0231 e. The van der Waals surface area contributed by atoms with E-state index in [0.29, 0.717) is 0 Å². The summed E-state index contributed by atoms with van der Waals surface area (Å²) < 4.78 is 0. The van der Waals surface area contributed by atoms with Gasteiger partial charge in [-0.05, 0) is 32.1 Å². The Morgan fingerprint density at radius 1 is 1.56 bits per heavy atom. The van der Waals surface area contributed by atoms with Crippen molar-refractivity contribution in [3.8, 4) is 0 Å². The second-order valence-corrected chi connectivity index (χ2v) is 3.10. The minimum Gasteiger partial charge on any atom is -0.0825 e. The van der Waals surface area contributed by atoms with Crippen molar-refractivity contribution in [3.05, 3.63) is 11.6 Å². The molecule has 0 heteroatoms. The fraction of sp³-hybridized carbons (Fsp3) is 0.778. The van der Waals surface area contributed by atoms with Gasteiger partial charge in [0.1, 0.15) is 0 Å². The monoisotopic (exact) mass is 124 g/mol. The zero-order chi connectivity index (χ0) is 6.69. The minimum atomic E-state index is 0.969. The molecule has 1 aliphatic carbocycles. The van der Waals surface area contributed by atoms with Crippen LogP contribution in [0, 0.1) is 5.92 Å². The van der Waals surface area contributed by atoms with Gasteiger partial charge >= 0.3 is 0 Å². The molecule has 1 aliphatic rings. The third kappa shape index (κ3) is 2.69. The summed E-state index contributed by atoms with van der Waals surface area (Å²) in [5, 5.41) is 0. The smallest absolute Gasteiger partial charge is 0.0231 e. The Balaban J connectivity index is 2.20. The molecule has 0 nitrogen and oxygen atoms in total. The maximum atomic E-state index is 2.45. The van der Waals surface area contributed by atoms with Crippen LogP contribution in [0.4, 0.5) is 0 Å². The molecule has 0 bridgehead atoms. The predicted octanol–water partition coefficient (Wildman–Crippen LogP) is 3.14. The first-order chi connectivity index (χ1) is 4.33. The molecule has 0 N–H and O–H groups in total. The standard InChI is InChI=1S/C9H16/c1-3-4-8(2)7-9-5-6-9/h7,9H,3-6H2,1-2H3. The Kier molecular flexibility index (Phi) is 2.32. The van der Waals surface area contributed by atoms with Crippen LogP contribution in [0.25, 0.3) is 0 Å². The highest BCUT2D eigenvalue weighted by Crippen LogP contribution is 2.31. The van der Waals surface area contributed by atoms with Crippen LogP contribution in [0.2, 0.25) is 0 Å². The lowest BCUT2D eigenvalue weighted by Crippen LogP contribution is -1.75. The lowest BCUT2D eigenvalue weighted by molar-refractivity contribution is 0.888. The van der Waals surface area contributed by atoms with E-state index in [2.05, 4.69) is 19.9 Å². The number of allylic oxidation sites excluding steroid dienone is 2. The lowest BCUT2D eigenvalue weighted by atomic mass is 10.1. The van der Waals surface area contributed by atoms with E-state index in [-0.39, 0.29) is 0 Å². The molecule has 1 rings (SSSR count). The van der Waals surface area contributed by atoms with Gasteiger partial charge in [-0.15, -0.1) is 0 Å². The van der Waals surface area contributed by atoms with Gasteiger partial charge in [0.25, 0.3) is 0 Å². The van der Waals surface area contributed by atoms with Gasteiger partial charge in [-0.1, -0.05) is 25.0 Å². The van der Waals surface area contributed by atoms with Gasteiger partial charge in [0.05, 0.1) is 0 Å². The Labute approximate surface area is 58.0 Å². The van der Waals surface area contributed by atoms with Crippen molar-refractivity contribution in [2.24, 2.45) is 5.92 Å². The Hall–Kier alpha value is -0.260. The molecular formula is C9H16. The van der Waals surface area contributed by atoms with Gasteiger partial charge in [0.2, 0.25) is 0 Å². The van der Waals surface area contributed by atoms with E-state index in [1.807, 2.05) is 0 Å². The van der Waals surface area contributed by atoms with E-state index in [9.17, 15) is 0 Å². The van der Waals surface area contributed by atoms with Crippen LogP contribution in [0.5, 0.6) is 0 Å². The van der Waals surface area contributed by atoms with E-state index in [0.717, 1.165) is 5.92 Å². The fourth-order valence-electron chi connectivity index (χ4n) is 1.14. The van der Waals surface area contributed by atoms with Gasteiger partial charge in [-0.25, -0.2) is 0 Å². The van der Waals surface area contributed by atoms with Crippen molar-refractivity contribution >= 4 is 0 Å². The molecule has 0 aromatic carbocycles. The average Bonchev–Trinajstić information content (AvgIpc) is 2.50. The summed E-state index contributed by atoms with van der Waals surface area (Å²) in [5.41, 5.74) is 1.60. The van der Waals surface area contributed by atoms with Gasteiger partial charge < -0.3 is 0 Å². The zero-order valence-electron chi connectivity index (χ0n) is 6.48. The van der Waals surface area contributed by atoms with Crippen LogP contribution in [0.3, 0.4) is 0 Å². The van der Waals surface area contributed by atoms with Gasteiger partial charge in [-0.2, -0.15) is 0 Å². The van der Waals surface area contributed by atoms with Crippen molar-refractivity contribution in [1.82, 2.24) is 0 Å². The normalized spacial score (nSPS) is 20.4. The molecule has 1 fully saturated rings. The third-order valence-electron chi connectivity index (χ3n) is 1.79. The minimum absolute atomic E-state index is 0.969. The Morgan fingerprint density at radius 3 is 2.67 bits per heavy atom. The average molecular weight is 124 g/mol. The van der Waals surface area contributed by atoms with Crippen LogP contribution in [-0.2, 0) is 0 Å². The number of hydrogen-bond acceptors (Lipinski definition) is 0. The van der Waals surface area contributed by atoms with Crippen molar-refractivity contribution in [2.75, 3.05) is 0 Å². The van der Waals surface area contributed by atoms with E-state index in [1.165, 1.54) is 25.7 Å². The molecular weight excluding hydrogens is 108 g/mol. The summed E-state index contributed by atoms with van der Waals surface area (Å²) in [6, 6.07) is 0. The molecule has 0 heterocycles. The van der Waals surface area contributed by atoms with E-state index < -0.39 is 0 Å². The highest BCUT2D eigenvalue weighted by Gasteiger charge is 2.17. The topological polar surface area (TPSA) is 0 Å². The molecule has 52 valence electrons. The highest BCUT2D eigenvalue weighted by molar-refractivity contribution is 5.05. The van der Waals surface area contributed by atoms with Crippen LogP contribution < -0.4 is 0 Å². The summed E-state index contributed by atoms with van der Waals surface area (Å²) >= 11 is 0. The van der Waals surface area contributed by atoms with Gasteiger partial charge in [0, 0.05) is 0 Å². The summed E-state index contributed by atoms with van der Waals surface area (Å²) in [6.07, 6.45) is 7.94. The lowest BCUT2D eigenvalue weighted by Gasteiger charge is -1.94. The molecule has 0 spiro atoms. The third-order valence-corrected chi connectivity index (χ3v) is 1.79. The summed E-state index contributed by atoms with van der Waals surface area (Å²) in [7, 11) is 0. The molecule has 9 heavy (non-hydrogen) atoms. The van der Waals surface area contributed by atoms with E-state index in [4.69, 9.17) is 0 Å². The molecule has 0 aliphatic heterocycles. The molecule has 0 radical (unpaired) electrons. The quantitative estimate of drug-likeness (QED) is 0.507. The molecule has 0 atom stereocenters. The first kappa shape index (κ1) is 6.85. The predicted molar refractivity (Wildman–Crippen MR) is 41.4 cm³/mol. The van der Waals surface area contributed by atoms with Crippen LogP contribution >= 0.6 is 0 Å². The maximum absolute atomic E-state index is 2.45. The summed E-state index contributed by atoms with van der Waals surface area (Å²) in [4.78, 5) is 0. The van der Waals surface area contributed by atoms with Crippen LogP contribution in [0.15, 0.2) is 11.6 Å². The number of rotatable bonds is 3. The SMILES string of the molecule is CCCC(C)=CC1CC1. The first-order valence-electron chi connectivity index (χ1n) is 4.00. The second kappa shape index (κ2) is 3.05. The Morgan fingerprint density at radius 2 is 2.22 bits per heavy atom. The van der Waals surface area contributed by atoms with Crippen molar-refractivity contribution < 1.29 is 0 Å². The largest absolute Gasteiger partial charge is 0.0825 e.